The van der Waals surface area contributed by atoms with Crippen LogP contribution in [-0.4, -0.2) is 64.3 Å². The second kappa shape index (κ2) is 7.03. The van der Waals surface area contributed by atoms with Crippen molar-refractivity contribution in [2.45, 2.75) is 18.9 Å². The van der Waals surface area contributed by atoms with Crippen molar-refractivity contribution >= 4 is 28.3 Å². The molecule has 0 saturated carbocycles. The summed E-state index contributed by atoms with van der Waals surface area (Å²) in [6.45, 7) is 4.54. The predicted octanol–water partition coefficient (Wildman–Crippen LogP) is 1.68. The summed E-state index contributed by atoms with van der Waals surface area (Å²) in [6, 6.07) is 3.92. The zero-order chi connectivity index (χ0) is 20.9. The van der Waals surface area contributed by atoms with Crippen molar-refractivity contribution < 1.29 is 19.4 Å². The number of carbonyl (C=O) groups excluding carboxylic acids is 1. The number of aromatic amines is 1. The van der Waals surface area contributed by atoms with Gasteiger partial charge in [-0.05, 0) is 13.0 Å². The van der Waals surface area contributed by atoms with Crippen LogP contribution in [0.3, 0.4) is 0 Å². The fourth-order valence-corrected chi connectivity index (χ4v) is 4.16. The van der Waals surface area contributed by atoms with E-state index in [-0.39, 0.29) is 12.5 Å². The molecule has 0 spiro atoms. The molecule has 3 N–H and O–H groups in total. The minimum Gasteiger partial charge on any atom is -0.484 e. The fraction of sp³-hybridized carbons (Fsp3) is 0.429. The number of hydrogen-bond acceptors (Lipinski definition) is 6. The second-order valence-electron chi connectivity index (χ2n) is 8.17. The molecular weight excluding hydrogens is 386 g/mol. The molecular formula is C21H25N5O4. The van der Waals surface area contributed by atoms with Crippen LogP contribution in [0.25, 0.3) is 11.0 Å². The van der Waals surface area contributed by atoms with Crippen LogP contribution in [0.2, 0.25) is 0 Å². The number of benzene rings is 1. The molecule has 2 aromatic heterocycles. The van der Waals surface area contributed by atoms with Gasteiger partial charge in [-0.1, -0.05) is 0 Å². The van der Waals surface area contributed by atoms with Gasteiger partial charge in [-0.3, -0.25) is 19.6 Å². The van der Waals surface area contributed by atoms with Gasteiger partial charge in [0.1, 0.15) is 16.9 Å². The number of rotatable bonds is 4. The summed E-state index contributed by atoms with van der Waals surface area (Å²) in [5.74, 6) is 0.526. The van der Waals surface area contributed by atoms with E-state index in [1.54, 1.807) is 12.4 Å². The van der Waals surface area contributed by atoms with Crippen molar-refractivity contribution in [3.8, 4) is 5.75 Å². The van der Waals surface area contributed by atoms with Crippen molar-refractivity contribution in [2.24, 2.45) is 7.05 Å². The fourth-order valence-electron chi connectivity index (χ4n) is 4.16. The van der Waals surface area contributed by atoms with Crippen LogP contribution < -0.4 is 15.0 Å². The summed E-state index contributed by atoms with van der Waals surface area (Å²) in [6.07, 6.45) is 3.88. The van der Waals surface area contributed by atoms with Crippen LogP contribution in [-0.2, 0) is 18.2 Å². The summed E-state index contributed by atoms with van der Waals surface area (Å²) >= 11 is 0. The number of morpholine rings is 1. The first kappa shape index (κ1) is 19.0. The van der Waals surface area contributed by atoms with Gasteiger partial charge in [0.2, 0.25) is 0 Å². The minimum absolute atomic E-state index is 0.0722. The molecule has 3 aromatic rings. The summed E-state index contributed by atoms with van der Waals surface area (Å²) in [7, 11) is 1.88. The number of aromatic nitrogens is 3. The first-order valence-corrected chi connectivity index (χ1v) is 10.1. The smallest absolute Gasteiger partial charge is 0.259 e. The quantitative estimate of drug-likeness (QED) is 0.603. The number of anilines is 2. The number of nitrogens with one attached hydrogen (secondary N) is 2. The maximum atomic E-state index is 13.1. The van der Waals surface area contributed by atoms with E-state index in [9.17, 15) is 9.90 Å². The van der Waals surface area contributed by atoms with Gasteiger partial charge in [-0.15, -0.1) is 0 Å². The van der Waals surface area contributed by atoms with Gasteiger partial charge in [-0.25, -0.2) is 0 Å². The lowest BCUT2D eigenvalue weighted by Gasteiger charge is -2.31. The van der Waals surface area contributed by atoms with E-state index in [1.165, 1.54) is 0 Å². The molecule has 9 nitrogen and oxygen atoms in total. The van der Waals surface area contributed by atoms with Crippen LogP contribution in [0.5, 0.6) is 5.75 Å². The Morgan fingerprint density at radius 1 is 1.33 bits per heavy atom. The minimum atomic E-state index is -0.645. The van der Waals surface area contributed by atoms with E-state index in [0.717, 1.165) is 46.8 Å². The van der Waals surface area contributed by atoms with E-state index in [0.29, 0.717) is 25.2 Å². The number of fused-ring (bicyclic) bond motifs is 2. The average molecular weight is 411 g/mol. The molecule has 1 atom stereocenters. The van der Waals surface area contributed by atoms with Crippen molar-refractivity contribution in [3.63, 3.8) is 0 Å². The Kier molecular flexibility index (Phi) is 4.44. The number of nitrogens with zero attached hydrogens (tertiary/aromatic N) is 3. The van der Waals surface area contributed by atoms with Crippen molar-refractivity contribution in [1.82, 2.24) is 14.8 Å². The first-order chi connectivity index (χ1) is 14.5. The lowest BCUT2D eigenvalue weighted by atomic mass is 9.99. The molecule has 1 aromatic carbocycles. The maximum absolute atomic E-state index is 13.1. The average Bonchev–Trinajstić information content (AvgIpc) is 3.08. The van der Waals surface area contributed by atoms with E-state index in [1.807, 2.05) is 30.8 Å². The van der Waals surface area contributed by atoms with Gasteiger partial charge in [0.25, 0.3) is 5.91 Å². The highest BCUT2D eigenvalue weighted by Gasteiger charge is 2.35. The Morgan fingerprint density at radius 2 is 2.13 bits per heavy atom. The number of hydrogen-bond donors (Lipinski definition) is 3. The zero-order valence-corrected chi connectivity index (χ0v) is 17.1. The van der Waals surface area contributed by atoms with Crippen LogP contribution in [0.4, 0.5) is 11.4 Å². The Hall–Kier alpha value is -3.04. The zero-order valence-electron chi connectivity index (χ0n) is 17.1. The Labute approximate surface area is 173 Å². The van der Waals surface area contributed by atoms with E-state index < -0.39 is 5.60 Å². The van der Waals surface area contributed by atoms with Crippen LogP contribution in [0, 0.1) is 0 Å². The number of aryl methyl sites for hydroxylation is 1. The first-order valence-electron chi connectivity index (χ1n) is 10.1. The van der Waals surface area contributed by atoms with E-state index >= 15 is 0 Å². The van der Waals surface area contributed by atoms with Crippen molar-refractivity contribution in [1.29, 1.82) is 0 Å². The highest BCUT2D eigenvalue weighted by atomic mass is 16.5. The van der Waals surface area contributed by atoms with E-state index in [4.69, 9.17) is 9.47 Å². The summed E-state index contributed by atoms with van der Waals surface area (Å²) in [5.41, 5.74) is 4.09. The molecule has 0 radical (unpaired) electrons. The number of ether oxygens (including phenoxy) is 2. The molecule has 30 heavy (non-hydrogen) atoms. The Balaban J connectivity index is 1.51. The molecule has 4 heterocycles. The Bertz CT molecular complexity index is 1110. The highest BCUT2D eigenvalue weighted by Crippen LogP contribution is 2.42. The molecule has 9 heteroatoms. The molecule has 0 bridgehead atoms. The number of H-pyrrole nitrogens is 1. The van der Waals surface area contributed by atoms with Gasteiger partial charge in [0.15, 0.2) is 0 Å². The number of aliphatic hydroxyl groups is 1. The van der Waals surface area contributed by atoms with Gasteiger partial charge in [-0.2, -0.15) is 0 Å². The van der Waals surface area contributed by atoms with E-state index in [2.05, 4.69) is 20.3 Å². The molecule has 158 valence electrons. The lowest BCUT2D eigenvalue weighted by molar-refractivity contribution is 0.0446. The number of amides is 1. The third-order valence-corrected chi connectivity index (χ3v) is 5.85. The normalized spacial score (nSPS) is 21.0. The predicted molar refractivity (Wildman–Crippen MR) is 112 cm³/mol. The third-order valence-electron chi connectivity index (χ3n) is 5.85. The Morgan fingerprint density at radius 3 is 2.87 bits per heavy atom. The second-order valence-corrected chi connectivity index (χ2v) is 8.17. The molecule has 2 aliphatic heterocycles. The highest BCUT2D eigenvalue weighted by molar-refractivity contribution is 6.12. The summed E-state index contributed by atoms with van der Waals surface area (Å²) < 4.78 is 13.3. The largest absolute Gasteiger partial charge is 0.484 e. The molecule has 1 unspecified atom stereocenters. The molecule has 1 fully saturated rings. The number of pyridine rings is 1. The van der Waals surface area contributed by atoms with Crippen LogP contribution in [0.1, 0.15) is 22.8 Å². The van der Waals surface area contributed by atoms with Gasteiger partial charge in [0, 0.05) is 44.4 Å². The monoisotopic (exact) mass is 411 g/mol. The third kappa shape index (κ3) is 3.10. The molecule has 5 rings (SSSR count). The van der Waals surface area contributed by atoms with Gasteiger partial charge in [0.05, 0.1) is 48.5 Å². The summed E-state index contributed by atoms with van der Waals surface area (Å²) in [5, 5.41) is 15.9. The summed E-state index contributed by atoms with van der Waals surface area (Å²) in [4.78, 5) is 19.5. The standard InChI is InChI=1S/C21H25N5O4/c1-21(12-27)9-13-7-15(16(8-18(13)30-21)26-3-5-29-6-4-26)23-20(28)14-10-22-11-17-19(14)24-25(17)2/h7-8,10-11,24,27H,3-6,9,12H2,1-2H3,(H,23,28). The van der Waals surface area contributed by atoms with Crippen molar-refractivity contribution in [2.75, 3.05) is 43.1 Å². The molecule has 2 aliphatic rings. The topological polar surface area (TPSA) is 105 Å². The molecule has 1 amide bonds. The number of aliphatic hydroxyl groups excluding tert-OH is 1. The van der Waals surface area contributed by atoms with Gasteiger partial charge < -0.3 is 24.8 Å². The number of carbonyl (C=O) groups is 1. The molecule has 1 saturated heterocycles. The molecule has 0 aliphatic carbocycles. The lowest BCUT2D eigenvalue weighted by Crippen LogP contribution is -2.37. The van der Waals surface area contributed by atoms with Crippen LogP contribution >= 0.6 is 0 Å². The maximum Gasteiger partial charge on any atom is 0.259 e. The van der Waals surface area contributed by atoms with Gasteiger partial charge >= 0.3 is 0 Å². The van der Waals surface area contributed by atoms with Crippen molar-refractivity contribution in [3.05, 3.63) is 35.7 Å². The van der Waals surface area contributed by atoms with Crippen LogP contribution in [0.15, 0.2) is 24.5 Å². The SMILES string of the molecule is Cn1[nH]c2c(C(=O)Nc3cc4c(cc3N3CCOCC3)OC(C)(CO)C4)cncc21.